The van der Waals surface area contributed by atoms with E-state index in [4.69, 9.17) is 17.4 Å². The fraction of sp³-hybridized carbons (Fsp3) is 0.222. The Labute approximate surface area is 174 Å². The largest absolute Gasteiger partial charge is 0.365 e. The summed E-state index contributed by atoms with van der Waals surface area (Å²) in [6, 6.07) is 11.3. The summed E-state index contributed by atoms with van der Waals surface area (Å²) >= 11 is 11.4. The Morgan fingerprint density at radius 1 is 1.15 bits per heavy atom. The minimum Gasteiger partial charge on any atom is -0.365 e. The second-order valence-corrected chi connectivity index (χ2v) is 8.55. The summed E-state index contributed by atoms with van der Waals surface area (Å²) in [4.78, 5) is 21.3. The van der Waals surface area contributed by atoms with Crippen LogP contribution in [0.3, 0.4) is 0 Å². The van der Waals surface area contributed by atoms with Crippen molar-refractivity contribution in [3.05, 3.63) is 51.5 Å². The zero-order valence-electron chi connectivity index (χ0n) is 14.3. The number of rotatable bonds is 3. The molecular formula is C18H17BrClN5OS. The average molecular weight is 467 g/mol. The molecule has 6 nitrogen and oxygen atoms in total. The molecule has 9 heteroatoms. The molecule has 0 spiro atoms. The number of hydrogen-bond acceptors (Lipinski definition) is 6. The van der Waals surface area contributed by atoms with Crippen molar-refractivity contribution in [2.75, 3.05) is 36.5 Å². The van der Waals surface area contributed by atoms with Crippen molar-refractivity contribution in [3.8, 4) is 0 Å². The third kappa shape index (κ3) is 3.62. The second kappa shape index (κ2) is 7.63. The smallest absolute Gasteiger partial charge is 0.253 e. The Balaban J connectivity index is 1.53. The number of fused-ring (bicyclic) bond motifs is 1. The van der Waals surface area contributed by atoms with E-state index >= 15 is 0 Å². The number of carbonyl (C=O) groups excluding carboxylic acids is 1. The molecule has 2 aromatic carbocycles. The van der Waals surface area contributed by atoms with Crippen molar-refractivity contribution >= 4 is 65.8 Å². The van der Waals surface area contributed by atoms with Gasteiger partial charge in [0.05, 0.1) is 15.4 Å². The normalized spacial score (nSPS) is 14.6. The van der Waals surface area contributed by atoms with Gasteiger partial charge in [0.2, 0.25) is 0 Å². The summed E-state index contributed by atoms with van der Waals surface area (Å²) in [5.41, 5.74) is 5.04. The quantitative estimate of drug-likeness (QED) is 0.451. The van der Waals surface area contributed by atoms with E-state index in [0.717, 1.165) is 20.4 Å². The third-order valence-corrected chi connectivity index (χ3v) is 6.37. The number of halogens is 2. The number of nitrogens with one attached hydrogen (secondary N) is 1. The molecule has 140 valence electrons. The fourth-order valence-electron chi connectivity index (χ4n) is 3.23. The molecule has 0 bridgehead atoms. The topological polar surface area (TPSA) is 74.5 Å². The van der Waals surface area contributed by atoms with Crippen molar-refractivity contribution in [3.63, 3.8) is 0 Å². The van der Waals surface area contributed by atoms with Crippen LogP contribution in [0.2, 0.25) is 5.02 Å². The molecule has 0 unspecified atom stereocenters. The molecule has 1 aromatic heterocycles. The van der Waals surface area contributed by atoms with Gasteiger partial charge in [-0.3, -0.25) is 10.2 Å². The molecule has 2 heterocycles. The van der Waals surface area contributed by atoms with E-state index in [-0.39, 0.29) is 5.91 Å². The first-order chi connectivity index (χ1) is 13.1. The van der Waals surface area contributed by atoms with Gasteiger partial charge in [0.15, 0.2) is 5.13 Å². The molecule has 27 heavy (non-hydrogen) atoms. The van der Waals surface area contributed by atoms with Crippen molar-refractivity contribution < 1.29 is 4.79 Å². The van der Waals surface area contributed by atoms with Crippen molar-refractivity contribution in [2.45, 2.75) is 0 Å². The Morgan fingerprint density at radius 3 is 2.52 bits per heavy atom. The van der Waals surface area contributed by atoms with E-state index in [1.807, 2.05) is 41.3 Å². The number of thiazole rings is 1. The maximum absolute atomic E-state index is 12.7. The predicted molar refractivity (Wildman–Crippen MR) is 115 cm³/mol. The summed E-state index contributed by atoms with van der Waals surface area (Å²) in [5.74, 6) is 5.55. The number of aromatic nitrogens is 1. The number of nitrogens with two attached hydrogens (primary N) is 1. The lowest BCUT2D eigenvalue weighted by Gasteiger charge is -2.36. The molecule has 0 saturated carbocycles. The highest BCUT2D eigenvalue weighted by Gasteiger charge is 2.25. The Hall–Kier alpha value is -1.87. The van der Waals surface area contributed by atoms with Crippen LogP contribution in [-0.4, -0.2) is 42.0 Å². The van der Waals surface area contributed by atoms with Crippen LogP contribution < -0.4 is 16.2 Å². The van der Waals surface area contributed by atoms with Gasteiger partial charge in [0.1, 0.15) is 5.52 Å². The minimum atomic E-state index is 0.0507. The monoisotopic (exact) mass is 465 g/mol. The van der Waals surface area contributed by atoms with E-state index in [1.54, 1.807) is 0 Å². The molecule has 1 saturated heterocycles. The van der Waals surface area contributed by atoms with Gasteiger partial charge >= 0.3 is 0 Å². The summed E-state index contributed by atoms with van der Waals surface area (Å²) in [6.45, 7) is 2.66. The average Bonchev–Trinajstić information content (AvgIpc) is 3.11. The molecule has 1 aliphatic heterocycles. The minimum absolute atomic E-state index is 0.0507. The lowest BCUT2D eigenvalue weighted by molar-refractivity contribution is 0.0747. The maximum atomic E-state index is 12.7. The Bertz CT molecular complexity index is 985. The standard InChI is InChI=1S/C18H17BrClN5OS/c19-12-3-1-11(2-4-12)17(26)25-9-7-24(8-10-25)16-13(20)5-6-14-15(16)22-18(23-21)27-14/h1-6H,7-10,21H2,(H,22,23). The summed E-state index contributed by atoms with van der Waals surface area (Å²) in [5, 5.41) is 1.31. The summed E-state index contributed by atoms with van der Waals surface area (Å²) in [7, 11) is 0. The van der Waals surface area contributed by atoms with E-state index in [0.29, 0.717) is 41.9 Å². The van der Waals surface area contributed by atoms with Crippen LogP contribution >= 0.6 is 38.9 Å². The highest BCUT2D eigenvalue weighted by atomic mass is 79.9. The van der Waals surface area contributed by atoms with Crippen molar-refractivity contribution in [1.29, 1.82) is 0 Å². The third-order valence-electron chi connectivity index (χ3n) is 4.58. The molecule has 0 atom stereocenters. The van der Waals surface area contributed by atoms with Gasteiger partial charge < -0.3 is 9.80 Å². The Kier molecular flexibility index (Phi) is 5.23. The number of nitrogens with zero attached hydrogens (tertiary/aromatic N) is 3. The highest BCUT2D eigenvalue weighted by molar-refractivity contribution is 9.10. The van der Waals surface area contributed by atoms with Crippen LogP contribution in [0, 0.1) is 0 Å². The predicted octanol–water partition coefficient (Wildman–Crippen LogP) is 3.96. The van der Waals surface area contributed by atoms with Crippen LogP contribution in [0.1, 0.15) is 10.4 Å². The van der Waals surface area contributed by atoms with Gasteiger partial charge in [-0.15, -0.1) is 0 Å². The van der Waals surface area contributed by atoms with Gasteiger partial charge in [-0.2, -0.15) is 0 Å². The van der Waals surface area contributed by atoms with E-state index < -0.39 is 0 Å². The van der Waals surface area contributed by atoms with Crippen molar-refractivity contribution in [1.82, 2.24) is 9.88 Å². The summed E-state index contributed by atoms with van der Waals surface area (Å²) in [6.07, 6.45) is 0. The van der Waals surface area contributed by atoms with Crippen LogP contribution in [0.15, 0.2) is 40.9 Å². The zero-order chi connectivity index (χ0) is 19.0. The number of hydrogen-bond donors (Lipinski definition) is 2. The molecule has 1 amide bonds. The van der Waals surface area contributed by atoms with E-state index in [9.17, 15) is 4.79 Å². The highest BCUT2D eigenvalue weighted by Crippen LogP contribution is 2.38. The number of anilines is 2. The maximum Gasteiger partial charge on any atom is 0.253 e. The molecule has 3 aromatic rings. The fourth-order valence-corrected chi connectivity index (χ4v) is 4.54. The van der Waals surface area contributed by atoms with E-state index in [2.05, 4.69) is 31.2 Å². The number of hydrazine groups is 1. The number of nitrogen functional groups attached to an aromatic ring is 1. The zero-order valence-corrected chi connectivity index (χ0v) is 17.4. The van der Waals surface area contributed by atoms with Gasteiger partial charge in [-0.05, 0) is 36.4 Å². The van der Waals surface area contributed by atoms with Crippen LogP contribution in [0.4, 0.5) is 10.8 Å². The molecule has 0 radical (unpaired) electrons. The van der Waals surface area contributed by atoms with Gasteiger partial charge in [-0.25, -0.2) is 10.8 Å². The first-order valence-electron chi connectivity index (χ1n) is 8.42. The molecular weight excluding hydrogens is 450 g/mol. The number of carbonyl (C=O) groups is 1. The first kappa shape index (κ1) is 18.5. The van der Waals surface area contributed by atoms with Crippen LogP contribution in [0.25, 0.3) is 10.2 Å². The SMILES string of the molecule is NNc1nc2c(N3CCN(C(=O)c4ccc(Br)cc4)CC3)c(Cl)ccc2s1. The Morgan fingerprint density at radius 2 is 1.85 bits per heavy atom. The number of benzene rings is 2. The van der Waals surface area contributed by atoms with Crippen LogP contribution in [-0.2, 0) is 0 Å². The molecule has 0 aliphatic carbocycles. The van der Waals surface area contributed by atoms with Gasteiger partial charge in [-0.1, -0.05) is 38.9 Å². The molecule has 4 rings (SSSR count). The first-order valence-corrected chi connectivity index (χ1v) is 10.4. The molecule has 1 aliphatic rings. The van der Waals surface area contributed by atoms with Crippen LogP contribution in [0.5, 0.6) is 0 Å². The second-order valence-electron chi connectivity index (χ2n) is 6.19. The lowest BCUT2D eigenvalue weighted by Crippen LogP contribution is -2.49. The molecule has 1 fully saturated rings. The van der Waals surface area contributed by atoms with Gasteiger partial charge in [0.25, 0.3) is 5.91 Å². The number of amides is 1. The molecule has 3 N–H and O–H groups in total. The lowest BCUT2D eigenvalue weighted by atomic mass is 10.1. The van der Waals surface area contributed by atoms with E-state index in [1.165, 1.54) is 11.3 Å². The van der Waals surface area contributed by atoms with Crippen molar-refractivity contribution in [2.24, 2.45) is 5.84 Å². The van der Waals surface area contributed by atoms with Gasteiger partial charge in [0, 0.05) is 36.2 Å². The number of piperazine rings is 1. The summed E-state index contributed by atoms with van der Waals surface area (Å²) < 4.78 is 1.98.